The van der Waals surface area contributed by atoms with Gasteiger partial charge in [-0.25, -0.2) is 0 Å². The van der Waals surface area contributed by atoms with Gasteiger partial charge in [0.1, 0.15) is 0 Å². The fourth-order valence-electron chi connectivity index (χ4n) is 0.516. The third-order valence-electron chi connectivity index (χ3n) is 1.37. The molecule has 0 aliphatic carbocycles. The number of aliphatic hydroxyl groups excluding tert-OH is 1. The molecular formula is C7H17NO. The highest BCUT2D eigenvalue weighted by Crippen LogP contribution is 1.87. The van der Waals surface area contributed by atoms with E-state index in [9.17, 15) is 0 Å². The van der Waals surface area contributed by atoms with E-state index in [1.165, 1.54) is 0 Å². The molecule has 0 aliphatic heterocycles. The van der Waals surface area contributed by atoms with Crippen LogP contribution in [0.2, 0.25) is 0 Å². The Labute approximate surface area is 57.3 Å². The Bertz CT molecular complexity index is 63.9. The van der Waals surface area contributed by atoms with Gasteiger partial charge in [0, 0.05) is 12.6 Å². The van der Waals surface area contributed by atoms with Crippen molar-refractivity contribution in [3.05, 3.63) is 0 Å². The van der Waals surface area contributed by atoms with Crippen molar-refractivity contribution < 1.29 is 5.11 Å². The number of rotatable bonds is 4. The van der Waals surface area contributed by atoms with Crippen LogP contribution in [0.15, 0.2) is 0 Å². The van der Waals surface area contributed by atoms with E-state index in [4.69, 9.17) is 5.11 Å². The summed E-state index contributed by atoms with van der Waals surface area (Å²) in [6, 6.07) is 0.527. The third-order valence-corrected chi connectivity index (χ3v) is 1.37. The van der Waals surface area contributed by atoms with Crippen LogP contribution in [0.3, 0.4) is 0 Å². The van der Waals surface area contributed by atoms with Crippen LogP contribution < -0.4 is 5.32 Å². The molecule has 0 radical (unpaired) electrons. The second-order valence-corrected chi connectivity index (χ2v) is 2.57. The topological polar surface area (TPSA) is 32.3 Å². The summed E-state index contributed by atoms with van der Waals surface area (Å²) in [5, 5.41) is 12.0. The van der Waals surface area contributed by atoms with Gasteiger partial charge in [0.15, 0.2) is 0 Å². The summed E-state index contributed by atoms with van der Waals surface area (Å²) in [5.41, 5.74) is 0. The van der Waals surface area contributed by atoms with E-state index in [0.717, 1.165) is 6.42 Å². The Balaban J connectivity index is 3.06. The van der Waals surface area contributed by atoms with Crippen LogP contribution in [0.5, 0.6) is 0 Å². The van der Waals surface area contributed by atoms with Crippen molar-refractivity contribution in [2.24, 2.45) is 0 Å². The minimum atomic E-state index is -0.223. The van der Waals surface area contributed by atoms with Gasteiger partial charge in [0.05, 0.1) is 6.10 Å². The smallest absolute Gasteiger partial charge is 0.0636 e. The second-order valence-electron chi connectivity index (χ2n) is 2.57. The van der Waals surface area contributed by atoms with Crippen molar-refractivity contribution in [1.29, 1.82) is 0 Å². The predicted octanol–water partition coefficient (Wildman–Crippen LogP) is 0.755. The Morgan fingerprint density at radius 1 is 1.44 bits per heavy atom. The molecule has 0 fully saturated rings. The average Bonchev–Trinajstić information content (AvgIpc) is 1.83. The number of hydrogen-bond donors (Lipinski definition) is 2. The van der Waals surface area contributed by atoms with E-state index in [1.54, 1.807) is 6.92 Å². The van der Waals surface area contributed by atoms with Gasteiger partial charge >= 0.3 is 0 Å². The van der Waals surface area contributed by atoms with Crippen LogP contribution in [0.4, 0.5) is 0 Å². The molecule has 2 N–H and O–H groups in total. The van der Waals surface area contributed by atoms with Crippen molar-refractivity contribution in [2.75, 3.05) is 6.54 Å². The maximum Gasteiger partial charge on any atom is 0.0636 e. The van der Waals surface area contributed by atoms with Gasteiger partial charge in [-0.05, 0) is 20.3 Å². The zero-order valence-electron chi connectivity index (χ0n) is 6.52. The lowest BCUT2D eigenvalue weighted by Gasteiger charge is -2.11. The second kappa shape index (κ2) is 4.77. The van der Waals surface area contributed by atoms with Crippen LogP contribution in [0.25, 0.3) is 0 Å². The van der Waals surface area contributed by atoms with Gasteiger partial charge in [0.2, 0.25) is 0 Å². The van der Waals surface area contributed by atoms with E-state index >= 15 is 0 Å². The van der Waals surface area contributed by atoms with E-state index in [0.29, 0.717) is 12.6 Å². The molecule has 0 saturated heterocycles. The first-order chi connectivity index (χ1) is 4.16. The van der Waals surface area contributed by atoms with Gasteiger partial charge in [-0.3, -0.25) is 0 Å². The Morgan fingerprint density at radius 3 is 2.33 bits per heavy atom. The zero-order chi connectivity index (χ0) is 7.28. The summed E-state index contributed by atoms with van der Waals surface area (Å²) in [6.07, 6.45) is 0.895. The van der Waals surface area contributed by atoms with Crippen LogP contribution in [0.1, 0.15) is 27.2 Å². The van der Waals surface area contributed by atoms with E-state index in [2.05, 4.69) is 19.2 Å². The highest BCUT2D eigenvalue weighted by atomic mass is 16.3. The van der Waals surface area contributed by atoms with Crippen molar-refractivity contribution in [3.63, 3.8) is 0 Å². The molecule has 0 heterocycles. The van der Waals surface area contributed by atoms with Gasteiger partial charge < -0.3 is 10.4 Å². The molecule has 0 amide bonds. The average molecular weight is 131 g/mol. The summed E-state index contributed by atoms with van der Waals surface area (Å²) in [7, 11) is 0. The van der Waals surface area contributed by atoms with Crippen molar-refractivity contribution in [1.82, 2.24) is 5.32 Å². The maximum atomic E-state index is 8.83. The van der Waals surface area contributed by atoms with E-state index in [1.807, 2.05) is 0 Å². The Kier molecular flexibility index (Phi) is 4.72. The standard InChI is InChI=1S/C7H17NO/c1-4-6(2)8-5-7(3)9/h6-9H,4-5H2,1-3H3/t6?,7-/m1/s1. The Hall–Kier alpha value is -0.0800. The normalized spacial score (nSPS) is 17.3. The van der Waals surface area contributed by atoms with E-state index < -0.39 is 0 Å². The highest BCUT2D eigenvalue weighted by molar-refractivity contribution is 4.59. The lowest BCUT2D eigenvalue weighted by Crippen LogP contribution is -2.31. The molecule has 2 atom stereocenters. The highest BCUT2D eigenvalue weighted by Gasteiger charge is 1.98. The fraction of sp³-hybridized carbons (Fsp3) is 1.00. The van der Waals surface area contributed by atoms with Crippen LogP contribution in [0, 0.1) is 0 Å². The van der Waals surface area contributed by atoms with Crippen LogP contribution in [-0.4, -0.2) is 23.8 Å². The van der Waals surface area contributed by atoms with Gasteiger partial charge in [-0.2, -0.15) is 0 Å². The molecule has 0 spiro atoms. The first kappa shape index (κ1) is 8.92. The van der Waals surface area contributed by atoms with E-state index in [-0.39, 0.29) is 6.10 Å². The first-order valence-corrected chi connectivity index (χ1v) is 3.58. The molecule has 0 rings (SSSR count). The third kappa shape index (κ3) is 5.80. The lowest BCUT2D eigenvalue weighted by atomic mass is 10.2. The molecule has 56 valence electrons. The predicted molar refractivity (Wildman–Crippen MR) is 39.4 cm³/mol. The summed E-state index contributed by atoms with van der Waals surface area (Å²) in [5.74, 6) is 0. The summed E-state index contributed by atoms with van der Waals surface area (Å²) in [4.78, 5) is 0. The number of aliphatic hydroxyl groups is 1. The molecule has 0 bridgehead atoms. The van der Waals surface area contributed by atoms with Crippen molar-refractivity contribution in [2.45, 2.75) is 39.3 Å². The number of hydrogen-bond acceptors (Lipinski definition) is 2. The fourth-order valence-corrected chi connectivity index (χ4v) is 0.516. The van der Waals surface area contributed by atoms with Crippen LogP contribution >= 0.6 is 0 Å². The van der Waals surface area contributed by atoms with Crippen molar-refractivity contribution >= 4 is 0 Å². The van der Waals surface area contributed by atoms with Gasteiger partial charge in [-0.1, -0.05) is 6.92 Å². The maximum absolute atomic E-state index is 8.83. The molecule has 9 heavy (non-hydrogen) atoms. The molecule has 1 unspecified atom stereocenters. The minimum absolute atomic E-state index is 0.223. The minimum Gasteiger partial charge on any atom is -0.392 e. The summed E-state index contributed by atoms with van der Waals surface area (Å²) >= 11 is 0. The lowest BCUT2D eigenvalue weighted by molar-refractivity contribution is 0.186. The molecule has 2 heteroatoms. The van der Waals surface area contributed by atoms with Crippen LogP contribution in [-0.2, 0) is 0 Å². The summed E-state index contributed by atoms with van der Waals surface area (Å²) < 4.78 is 0. The van der Waals surface area contributed by atoms with Gasteiger partial charge in [-0.15, -0.1) is 0 Å². The monoisotopic (exact) mass is 131 g/mol. The largest absolute Gasteiger partial charge is 0.392 e. The van der Waals surface area contributed by atoms with Gasteiger partial charge in [0.25, 0.3) is 0 Å². The molecular weight excluding hydrogens is 114 g/mol. The first-order valence-electron chi connectivity index (χ1n) is 3.58. The quantitative estimate of drug-likeness (QED) is 0.590. The molecule has 2 nitrogen and oxygen atoms in total. The molecule has 0 aromatic carbocycles. The van der Waals surface area contributed by atoms with Crippen molar-refractivity contribution in [3.8, 4) is 0 Å². The zero-order valence-corrected chi connectivity index (χ0v) is 6.52. The number of nitrogens with one attached hydrogen (secondary N) is 1. The SMILES string of the molecule is CCC(C)NC[C@@H](C)O. The Morgan fingerprint density at radius 2 is 2.00 bits per heavy atom. The molecule has 0 aromatic rings. The summed E-state index contributed by atoms with van der Waals surface area (Å²) in [6.45, 7) is 6.73. The molecule has 0 aliphatic rings. The molecule has 0 aromatic heterocycles. The molecule has 0 saturated carbocycles.